The quantitative estimate of drug-likeness (QED) is 0.776. The van der Waals surface area contributed by atoms with Crippen molar-refractivity contribution in [2.75, 3.05) is 19.0 Å². The highest BCUT2D eigenvalue weighted by Gasteiger charge is 2.25. The number of nitrogens with zero attached hydrogens (tertiary/aromatic N) is 3. The molecule has 1 aliphatic heterocycles. The topological polar surface area (TPSA) is 78.3 Å². The van der Waals surface area contributed by atoms with Crippen molar-refractivity contribution in [1.82, 2.24) is 14.8 Å². The van der Waals surface area contributed by atoms with Gasteiger partial charge in [-0.3, -0.25) is 4.79 Å². The lowest BCUT2D eigenvalue weighted by molar-refractivity contribution is -0.124. The Morgan fingerprint density at radius 3 is 3.08 bits per heavy atom. The highest BCUT2D eigenvalue weighted by molar-refractivity contribution is 7.20. The van der Waals surface area contributed by atoms with E-state index >= 15 is 0 Å². The number of amides is 1. The molecule has 1 aromatic carbocycles. The molecule has 7 nitrogen and oxygen atoms in total. The van der Waals surface area contributed by atoms with E-state index in [1.165, 1.54) is 11.3 Å². The van der Waals surface area contributed by atoms with Gasteiger partial charge in [-0.15, -0.1) is 0 Å². The molecule has 2 aromatic heterocycles. The first-order valence-electron chi connectivity index (χ1n) is 8.08. The molecule has 0 spiro atoms. The SMILES string of the molecule is COc1ccc2nc(-n3nc(C)cc3NC(=O)C3CCCO3)sc2c1. The molecule has 1 N–H and O–H groups in total. The molecule has 0 radical (unpaired) electrons. The number of ether oxygens (including phenoxy) is 2. The third-order valence-electron chi connectivity index (χ3n) is 4.07. The van der Waals surface area contributed by atoms with E-state index in [2.05, 4.69) is 15.4 Å². The van der Waals surface area contributed by atoms with E-state index in [1.807, 2.05) is 31.2 Å². The average Bonchev–Trinajstić information content (AvgIpc) is 3.33. The first kappa shape index (κ1) is 16.0. The van der Waals surface area contributed by atoms with E-state index in [0.717, 1.165) is 34.5 Å². The van der Waals surface area contributed by atoms with Crippen LogP contribution in [-0.4, -0.2) is 40.5 Å². The van der Waals surface area contributed by atoms with Gasteiger partial charge in [0.05, 0.1) is 23.0 Å². The first-order chi connectivity index (χ1) is 12.1. The summed E-state index contributed by atoms with van der Waals surface area (Å²) in [6.07, 6.45) is 1.28. The molecule has 0 aliphatic carbocycles. The summed E-state index contributed by atoms with van der Waals surface area (Å²) >= 11 is 1.49. The van der Waals surface area contributed by atoms with Crippen LogP contribution in [0.5, 0.6) is 5.75 Å². The number of nitrogens with one attached hydrogen (secondary N) is 1. The van der Waals surface area contributed by atoms with Crippen molar-refractivity contribution < 1.29 is 14.3 Å². The van der Waals surface area contributed by atoms with Crippen LogP contribution in [0, 0.1) is 6.92 Å². The summed E-state index contributed by atoms with van der Waals surface area (Å²) in [5.41, 5.74) is 1.67. The normalized spacial score (nSPS) is 17.1. The summed E-state index contributed by atoms with van der Waals surface area (Å²) in [4.78, 5) is 17.0. The predicted molar refractivity (Wildman–Crippen MR) is 95.6 cm³/mol. The molecular weight excluding hydrogens is 340 g/mol. The van der Waals surface area contributed by atoms with Crippen LogP contribution in [-0.2, 0) is 9.53 Å². The fraction of sp³-hybridized carbons (Fsp3) is 0.353. The number of carbonyl (C=O) groups excluding carboxylic acids is 1. The second-order valence-electron chi connectivity index (χ2n) is 5.90. The summed E-state index contributed by atoms with van der Waals surface area (Å²) in [6, 6.07) is 7.56. The third kappa shape index (κ3) is 3.10. The standard InChI is InChI=1S/C17H18N4O3S/c1-10-8-15(19-16(22)13-4-3-7-24-13)21(20-10)17-18-12-6-5-11(23-2)9-14(12)25-17/h5-6,8-9,13H,3-4,7H2,1-2H3,(H,19,22). The Hall–Kier alpha value is -2.45. The number of aromatic nitrogens is 3. The number of thiazole rings is 1. The second-order valence-corrected chi connectivity index (χ2v) is 6.91. The van der Waals surface area contributed by atoms with Crippen LogP contribution in [0.25, 0.3) is 15.3 Å². The maximum Gasteiger partial charge on any atom is 0.254 e. The zero-order valence-corrected chi connectivity index (χ0v) is 14.8. The van der Waals surface area contributed by atoms with E-state index in [-0.39, 0.29) is 12.0 Å². The van der Waals surface area contributed by atoms with Gasteiger partial charge in [0.15, 0.2) is 0 Å². The molecule has 1 fully saturated rings. The number of benzene rings is 1. The molecule has 3 heterocycles. The molecule has 1 amide bonds. The van der Waals surface area contributed by atoms with Crippen LogP contribution < -0.4 is 10.1 Å². The summed E-state index contributed by atoms with van der Waals surface area (Å²) < 4.78 is 13.4. The van der Waals surface area contributed by atoms with E-state index in [1.54, 1.807) is 11.8 Å². The second kappa shape index (κ2) is 6.45. The van der Waals surface area contributed by atoms with Gasteiger partial charge >= 0.3 is 0 Å². The van der Waals surface area contributed by atoms with Crippen molar-refractivity contribution in [3.8, 4) is 10.9 Å². The van der Waals surface area contributed by atoms with Crippen LogP contribution in [0.1, 0.15) is 18.5 Å². The molecule has 25 heavy (non-hydrogen) atoms. The third-order valence-corrected chi connectivity index (χ3v) is 5.06. The number of aryl methyl sites for hydroxylation is 1. The van der Waals surface area contributed by atoms with Crippen LogP contribution in [0.2, 0.25) is 0 Å². The summed E-state index contributed by atoms with van der Waals surface area (Å²) in [5, 5.41) is 8.09. The van der Waals surface area contributed by atoms with Crippen molar-refractivity contribution in [3.63, 3.8) is 0 Å². The summed E-state index contributed by atoms with van der Waals surface area (Å²) in [6.45, 7) is 2.52. The summed E-state index contributed by atoms with van der Waals surface area (Å²) in [7, 11) is 1.64. The molecule has 1 atom stereocenters. The molecular formula is C17H18N4O3S. The van der Waals surface area contributed by atoms with Gasteiger partial charge in [0.1, 0.15) is 17.7 Å². The lowest BCUT2D eigenvalue weighted by Gasteiger charge is -2.10. The van der Waals surface area contributed by atoms with Crippen molar-refractivity contribution in [2.45, 2.75) is 25.9 Å². The molecule has 0 saturated carbocycles. The highest BCUT2D eigenvalue weighted by Crippen LogP contribution is 2.30. The zero-order valence-electron chi connectivity index (χ0n) is 14.0. The minimum Gasteiger partial charge on any atom is -0.497 e. The molecule has 1 saturated heterocycles. The molecule has 1 aliphatic rings. The number of anilines is 1. The molecule has 130 valence electrons. The van der Waals surface area contributed by atoms with Gasteiger partial charge < -0.3 is 14.8 Å². The van der Waals surface area contributed by atoms with Gasteiger partial charge in [-0.05, 0) is 38.0 Å². The van der Waals surface area contributed by atoms with E-state index in [4.69, 9.17) is 9.47 Å². The lowest BCUT2D eigenvalue weighted by atomic mass is 10.2. The maximum absolute atomic E-state index is 12.4. The van der Waals surface area contributed by atoms with Crippen LogP contribution >= 0.6 is 11.3 Å². The summed E-state index contributed by atoms with van der Waals surface area (Å²) in [5.74, 6) is 1.25. The van der Waals surface area contributed by atoms with Crippen LogP contribution in [0.3, 0.4) is 0 Å². The zero-order chi connectivity index (χ0) is 17.4. The maximum atomic E-state index is 12.4. The number of carbonyl (C=O) groups is 1. The number of methoxy groups -OCH3 is 1. The van der Waals surface area contributed by atoms with Gasteiger partial charge in [0.25, 0.3) is 5.91 Å². The van der Waals surface area contributed by atoms with Crippen molar-refractivity contribution in [1.29, 1.82) is 0 Å². The van der Waals surface area contributed by atoms with E-state index in [9.17, 15) is 4.79 Å². The first-order valence-corrected chi connectivity index (χ1v) is 8.90. The fourth-order valence-electron chi connectivity index (χ4n) is 2.84. The van der Waals surface area contributed by atoms with Gasteiger partial charge in [-0.2, -0.15) is 9.78 Å². The van der Waals surface area contributed by atoms with Gasteiger partial charge in [-0.25, -0.2) is 4.98 Å². The Balaban J connectivity index is 1.67. The van der Waals surface area contributed by atoms with Crippen molar-refractivity contribution in [3.05, 3.63) is 30.0 Å². The molecule has 3 aromatic rings. The predicted octanol–water partition coefficient (Wildman–Crippen LogP) is 2.92. The Bertz CT molecular complexity index is 927. The van der Waals surface area contributed by atoms with Gasteiger partial charge in [0.2, 0.25) is 5.13 Å². The Morgan fingerprint density at radius 2 is 2.32 bits per heavy atom. The minimum absolute atomic E-state index is 0.138. The molecule has 8 heteroatoms. The highest BCUT2D eigenvalue weighted by atomic mass is 32.1. The largest absolute Gasteiger partial charge is 0.497 e. The van der Waals surface area contributed by atoms with Crippen LogP contribution in [0.15, 0.2) is 24.3 Å². The van der Waals surface area contributed by atoms with Crippen molar-refractivity contribution >= 4 is 33.3 Å². The molecule has 1 unspecified atom stereocenters. The molecule has 4 rings (SSSR count). The fourth-order valence-corrected chi connectivity index (χ4v) is 3.80. The monoisotopic (exact) mass is 358 g/mol. The van der Waals surface area contributed by atoms with Gasteiger partial charge in [-0.1, -0.05) is 11.3 Å². The lowest BCUT2D eigenvalue weighted by Crippen LogP contribution is -2.27. The molecule has 0 bridgehead atoms. The van der Waals surface area contributed by atoms with Crippen LogP contribution in [0.4, 0.5) is 5.82 Å². The number of hydrogen-bond acceptors (Lipinski definition) is 6. The van der Waals surface area contributed by atoms with Gasteiger partial charge in [0, 0.05) is 12.7 Å². The van der Waals surface area contributed by atoms with Crippen molar-refractivity contribution in [2.24, 2.45) is 0 Å². The minimum atomic E-state index is -0.386. The smallest absolute Gasteiger partial charge is 0.254 e. The number of fused-ring (bicyclic) bond motifs is 1. The number of hydrogen-bond donors (Lipinski definition) is 1. The Kier molecular flexibility index (Phi) is 4.14. The Morgan fingerprint density at radius 1 is 1.44 bits per heavy atom. The number of rotatable bonds is 4. The van der Waals surface area contributed by atoms with E-state index < -0.39 is 0 Å². The average molecular weight is 358 g/mol. The van der Waals surface area contributed by atoms with E-state index in [0.29, 0.717) is 17.6 Å². The Labute approximate surface area is 148 Å².